The van der Waals surface area contributed by atoms with Crippen LogP contribution >= 0.6 is 0 Å². The van der Waals surface area contributed by atoms with Gasteiger partial charge in [-0.1, -0.05) is 30.3 Å². The third-order valence-corrected chi connectivity index (χ3v) is 3.54. The molecule has 116 valence electrons. The van der Waals surface area contributed by atoms with Crippen LogP contribution < -0.4 is 5.32 Å². The van der Waals surface area contributed by atoms with Crippen molar-refractivity contribution in [2.24, 2.45) is 0 Å². The van der Waals surface area contributed by atoms with Gasteiger partial charge in [-0.15, -0.1) is 0 Å². The highest BCUT2D eigenvalue weighted by Gasteiger charge is 2.15. The Hall–Kier alpha value is -3.08. The molecule has 0 radical (unpaired) electrons. The summed E-state index contributed by atoms with van der Waals surface area (Å²) < 4.78 is 5.21. The summed E-state index contributed by atoms with van der Waals surface area (Å²) in [7, 11) is 0. The van der Waals surface area contributed by atoms with Gasteiger partial charge in [0.15, 0.2) is 11.5 Å². The first kappa shape index (κ1) is 14.8. The molecular weight excluding hydrogens is 292 g/mol. The first-order valence-electron chi connectivity index (χ1n) is 7.32. The second kappa shape index (κ2) is 6.36. The molecule has 2 N–H and O–H groups in total. The van der Waals surface area contributed by atoms with Crippen molar-refractivity contribution in [3.8, 4) is 17.1 Å². The van der Waals surface area contributed by atoms with Crippen LogP contribution in [0.4, 0.5) is 5.69 Å². The van der Waals surface area contributed by atoms with Crippen LogP contribution in [0.1, 0.15) is 23.0 Å². The fraction of sp³-hybridized carbons (Fsp3) is 0.111. The van der Waals surface area contributed by atoms with E-state index >= 15 is 0 Å². The number of hydrogen-bond acceptors (Lipinski definition) is 4. The summed E-state index contributed by atoms with van der Waals surface area (Å²) in [5.74, 6) is 0.320. The number of nitrogens with zero attached hydrogens (tertiary/aromatic N) is 1. The highest BCUT2D eigenvalue weighted by Crippen LogP contribution is 2.23. The lowest BCUT2D eigenvalue weighted by Crippen LogP contribution is -2.13. The van der Waals surface area contributed by atoms with Gasteiger partial charge in [0.1, 0.15) is 5.75 Å². The lowest BCUT2D eigenvalue weighted by molar-refractivity contribution is 0.101. The van der Waals surface area contributed by atoms with Gasteiger partial charge in [0.05, 0.1) is 0 Å². The number of aromatic nitrogens is 1. The maximum absolute atomic E-state index is 12.3. The lowest BCUT2D eigenvalue weighted by Gasteiger charge is -2.07. The summed E-state index contributed by atoms with van der Waals surface area (Å²) in [5.41, 5.74) is 2.78. The molecule has 2 aromatic carbocycles. The lowest BCUT2D eigenvalue weighted by atomic mass is 10.1. The molecule has 5 nitrogen and oxygen atoms in total. The van der Waals surface area contributed by atoms with E-state index < -0.39 is 0 Å². The number of amides is 1. The smallest absolute Gasteiger partial charge is 0.277 e. The molecule has 1 amide bonds. The van der Waals surface area contributed by atoms with Crippen molar-refractivity contribution in [2.75, 3.05) is 5.32 Å². The number of para-hydroxylation sites is 1. The molecule has 0 atom stereocenters. The zero-order chi connectivity index (χ0) is 16.2. The zero-order valence-corrected chi connectivity index (χ0v) is 12.6. The predicted octanol–water partition coefficient (Wildman–Crippen LogP) is 3.86. The summed E-state index contributed by atoms with van der Waals surface area (Å²) in [6.45, 7) is 2.03. The number of phenols is 1. The summed E-state index contributed by atoms with van der Waals surface area (Å²) >= 11 is 0. The Labute approximate surface area is 133 Å². The monoisotopic (exact) mass is 308 g/mol. The Morgan fingerprint density at radius 1 is 1.17 bits per heavy atom. The number of carbonyl (C=O) groups is 1. The van der Waals surface area contributed by atoms with Crippen molar-refractivity contribution < 1.29 is 14.4 Å². The van der Waals surface area contributed by atoms with E-state index in [0.717, 1.165) is 23.2 Å². The van der Waals surface area contributed by atoms with E-state index in [1.54, 1.807) is 30.3 Å². The minimum atomic E-state index is -0.320. The number of aryl methyl sites for hydroxylation is 1. The molecule has 3 rings (SSSR count). The van der Waals surface area contributed by atoms with E-state index in [0.29, 0.717) is 5.76 Å². The van der Waals surface area contributed by atoms with Gasteiger partial charge in [-0.05, 0) is 42.3 Å². The number of benzene rings is 2. The van der Waals surface area contributed by atoms with Gasteiger partial charge in [-0.3, -0.25) is 4.79 Å². The Balaban J connectivity index is 1.80. The molecule has 0 saturated heterocycles. The fourth-order valence-corrected chi connectivity index (χ4v) is 2.28. The second-order valence-electron chi connectivity index (χ2n) is 5.09. The molecule has 1 heterocycles. The van der Waals surface area contributed by atoms with Crippen molar-refractivity contribution in [2.45, 2.75) is 13.3 Å². The van der Waals surface area contributed by atoms with Gasteiger partial charge in [0, 0.05) is 17.3 Å². The molecule has 0 spiro atoms. The molecular formula is C18H16N2O3. The minimum Gasteiger partial charge on any atom is -0.508 e. The van der Waals surface area contributed by atoms with E-state index in [1.807, 2.05) is 31.2 Å². The summed E-state index contributed by atoms with van der Waals surface area (Å²) in [6.07, 6.45) is 0.827. The molecule has 5 heteroatoms. The molecule has 0 aliphatic heterocycles. The average Bonchev–Trinajstić information content (AvgIpc) is 3.06. The number of carbonyl (C=O) groups excluding carboxylic acids is 1. The van der Waals surface area contributed by atoms with Gasteiger partial charge in [-0.2, -0.15) is 0 Å². The molecule has 0 unspecified atom stereocenters. The summed E-state index contributed by atoms with van der Waals surface area (Å²) in [6, 6.07) is 15.7. The van der Waals surface area contributed by atoms with Crippen LogP contribution in [0, 0.1) is 0 Å². The quantitative estimate of drug-likeness (QED) is 0.767. The molecule has 0 saturated carbocycles. The Morgan fingerprint density at radius 2 is 1.91 bits per heavy atom. The Morgan fingerprint density at radius 3 is 2.65 bits per heavy atom. The van der Waals surface area contributed by atoms with Crippen molar-refractivity contribution in [1.82, 2.24) is 5.16 Å². The van der Waals surface area contributed by atoms with E-state index in [9.17, 15) is 9.90 Å². The Kier molecular flexibility index (Phi) is 4.10. The fourth-order valence-electron chi connectivity index (χ4n) is 2.28. The normalized spacial score (nSPS) is 10.5. The van der Waals surface area contributed by atoms with Crippen molar-refractivity contribution in [3.05, 3.63) is 65.9 Å². The molecule has 0 fully saturated rings. The molecule has 0 aliphatic carbocycles. The third-order valence-electron chi connectivity index (χ3n) is 3.54. The van der Waals surface area contributed by atoms with Crippen molar-refractivity contribution >= 4 is 11.6 Å². The zero-order valence-electron chi connectivity index (χ0n) is 12.6. The van der Waals surface area contributed by atoms with Crippen LogP contribution in [-0.4, -0.2) is 16.2 Å². The maximum atomic E-state index is 12.3. The molecule has 1 aromatic heterocycles. The highest BCUT2D eigenvalue weighted by molar-refractivity contribution is 6.03. The summed E-state index contributed by atoms with van der Waals surface area (Å²) in [5, 5.41) is 16.0. The van der Waals surface area contributed by atoms with Crippen LogP contribution in [0.5, 0.6) is 5.75 Å². The van der Waals surface area contributed by atoms with Gasteiger partial charge in [0.2, 0.25) is 0 Å². The van der Waals surface area contributed by atoms with Crippen LogP contribution in [0.15, 0.2) is 59.1 Å². The number of rotatable bonds is 4. The molecule has 3 aromatic rings. The van der Waals surface area contributed by atoms with Crippen LogP contribution in [0.3, 0.4) is 0 Å². The largest absolute Gasteiger partial charge is 0.508 e. The van der Waals surface area contributed by atoms with Crippen molar-refractivity contribution in [3.63, 3.8) is 0 Å². The van der Waals surface area contributed by atoms with Crippen LogP contribution in [0.25, 0.3) is 11.3 Å². The van der Waals surface area contributed by atoms with Crippen LogP contribution in [0.2, 0.25) is 0 Å². The van der Waals surface area contributed by atoms with Gasteiger partial charge in [0.25, 0.3) is 5.91 Å². The summed E-state index contributed by atoms with van der Waals surface area (Å²) in [4.78, 5) is 12.3. The van der Waals surface area contributed by atoms with Crippen LogP contribution in [-0.2, 0) is 6.42 Å². The maximum Gasteiger partial charge on any atom is 0.277 e. The SMILES string of the molecule is CCc1ccccc1NC(=O)c1cc(-c2ccc(O)cc2)on1. The standard InChI is InChI=1S/C18H16N2O3/c1-2-12-5-3-4-6-15(12)19-18(22)16-11-17(23-20-16)13-7-9-14(21)10-8-13/h3-11,21H,2H2,1H3,(H,19,22). The van der Waals surface area contributed by atoms with E-state index in [4.69, 9.17) is 4.52 Å². The predicted molar refractivity (Wildman–Crippen MR) is 87.4 cm³/mol. The third kappa shape index (κ3) is 3.23. The molecule has 0 aliphatic rings. The average molecular weight is 308 g/mol. The van der Waals surface area contributed by atoms with Gasteiger partial charge < -0.3 is 14.9 Å². The first-order chi connectivity index (χ1) is 11.2. The number of aromatic hydroxyl groups is 1. The van der Waals surface area contributed by atoms with Gasteiger partial charge in [-0.25, -0.2) is 0 Å². The van der Waals surface area contributed by atoms with E-state index in [-0.39, 0.29) is 17.4 Å². The Bertz CT molecular complexity index is 822. The topological polar surface area (TPSA) is 75.4 Å². The first-order valence-corrected chi connectivity index (χ1v) is 7.32. The molecule has 23 heavy (non-hydrogen) atoms. The van der Waals surface area contributed by atoms with Crippen molar-refractivity contribution in [1.29, 1.82) is 0 Å². The van der Waals surface area contributed by atoms with E-state index in [1.165, 1.54) is 0 Å². The number of nitrogens with one attached hydrogen (secondary N) is 1. The molecule has 0 bridgehead atoms. The number of anilines is 1. The minimum absolute atomic E-state index is 0.169. The second-order valence-corrected chi connectivity index (χ2v) is 5.09. The number of hydrogen-bond donors (Lipinski definition) is 2. The van der Waals surface area contributed by atoms with E-state index in [2.05, 4.69) is 10.5 Å². The van der Waals surface area contributed by atoms with Gasteiger partial charge >= 0.3 is 0 Å². The highest BCUT2D eigenvalue weighted by atomic mass is 16.5. The number of phenolic OH excluding ortho intramolecular Hbond substituents is 1.